The number of rotatable bonds is 7. The summed E-state index contributed by atoms with van der Waals surface area (Å²) in [6, 6.07) is 7.52. The van der Waals surface area contributed by atoms with Gasteiger partial charge >= 0.3 is 0 Å². The molecule has 2 aromatic carbocycles. The Bertz CT molecular complexity index is 1510. The van der Waals surface area contributed by atoms with E-state index >= 15 is 4.39 Å². The fraction of sp³-hybridized carbons (Fsp3) is 0.407. The minimum absolute atomic E-state index is 0.0178. The van der Waals surface area contributed by atoms with Crippen molar-refractivity contribution < 1.29 is 26.3 Å². The van der Waals surface area contributed by atoms with Gasteiger partial charge in [0.15, 0.2) is 17.4 Å². The molecule has 40 heavy (non-hydrogen) atoms. The summed E-state index contributed by atoms with van der Waals surface area (Å²) in [7, 11) is -2.15. The molecule has 3 aromatic rings. The van der Waals surface area contributed by atoms with Crippen LogP contribution < -0.4 is 19.7 Å². The minimum Gasteiger partial charge on any atom is -0.486 e. The van der Waals surface area contributed by atoms with Gasteiger partial charge in [-0.15, -0.1) is 0 Å². The molecule has 0 amide bonds. The molecule has 1 aromatic heterocycles. The van der Waals surface area contributed by atoms with Crippen LogP contribution in [0.5, 0.6) is 5.75 Å². The van der Waals surface area contributed by atoms with E-state index in [-0.39, 0.29) is 34.9 Å². The van der Waals surface area contributed by atoms with Gasteiger partial charge in [0, 0.05) is 37.4 Å². The predicted molar refractivity (Wildman–Crippen MR) is 147 cm³/mol. The summed E-state index contributed by atoms with van der Waals surface area (Å²) in [4.78, 5) is 10.2. The number of piperidine rings is 1. The van der Waals surface area contributed by atoms with Crippen LogP contribution in [-0.4, -0.2) is 62.0 Å². The number of halogens is 3. The van der Waals surface area contributed by atoms with Crippen molar-refractivity contribution in [2.75, 3.05) is 43.5 Å². The largest absolute Gasteiger partial charge is 0.486 e. The summed E-state index contributed by atoms with van der Waals surface area (Å²) in [5.41, 5.74) is 1.49. The molecule has 13 heteroatoms. The highest BCUT2D eigenvalue weighted by atomic mass is 32.2. The smallest absolute Gasteiger partial charge is 0.279 e. The number of aromatic nitrogens is 2. The zero-order chi connectivity index (χ0) is 28.6. The quantitative estimate of drug-likeness (QED) is 0.426. The summed E-state index contributed by atoms with van der Waals surface area (Å²) in [6.45, 7) is 5.48. The molecular formula is C27H31F3N6O3S. The van der Waals surface area contributed by atoms with E-state index in [1.165, 1.54) is 23.5 Å². The topological polar surface area (TPSA) is 99.7 Å². The van der Waals surface area contributed by atoms with Crippen LogP contribution in [0.15, 0.2) is 36.5 Å². The fourth-order valence-electron chi connectivity index (χ4n) is 5.21. The molecule has 214 valence electrons. The van der Waals surface area contributed by atoms with Crippen molar-refractivity contribution in [2.45, 2.75) is 38.6 Å². The molecule has 0 atom stereocenters. The standard InChI is InChI=1S/C27H31F3N6O3S/c1-16(2)36-10-11-39-26-22(29)12-18(13-24(26)36)25-23(30)15-32-27(34-25)33-19-4-5-20(21(28)14-19)17-6-8-35(9-7-17)40(37,38)31-3/h4-5,12-17,31H,6-11H2,1-3H3,(H,32,33,34). The van der Waals surface area contributed by atoms with Gasteiger partial charge in [-0.2, -0.15) is 12.7 Å². The van der Waals surface area contributed by atoms with Crippen LogP contribution in [0.4, 0.5) is 30.5 Å². The Labute approximate surface area is 231 Å². The van der Waals surface area contributed by atoms with Crippen molar-refractivity contribution in [2.24, 2.45) is 0 Å². The normalized spacial score (nSPS) is 16.6. The lowest BCUT2D eigenvalue weighted by Gasteiger charge is -2.34. The first kappa shape index (κ1) is 28.1. The summed E-state index contributed by atoms with van der Waals surface area (Å²) in [5.74, 6) is -1.78. The number of hydrogen-bond donors (Lipinski definition) is 2. The molecule has 0 radical (unpaired) electrons. The first-order valence-corrected chi connectivity index (χ1v) is 14.5. The Morgan fingerprint density at radius 3 is 2.45 bits per heavy atom. The lowest BCUT2D eigenvalue weighted by molar-refractivity contribution is 0.287. The molecule has 5 rings (SSSR count). The second kappa shape index (κ2) is 11.2. The van der Waals surface area contributed by atoms with Gasteiger partial charge in [-0.05, 0) is 62.4 Å². The molecule has 2 aliphatic heterocycles. The van der Waals surface area contributed by atoms with E-state index in [0.717, 1.165) is 6.20 Å². The molecule has 1 saturated heterocycles. The maximum atomic E-state index is 15.1. The summed E-state index contributed by atoms with van der Waals surface area (Å²) in [6.07, 6.45) is 1.97. The van der Waals surface area contributed by atoms with E-state index in [1.807, 2.05) is 18.7 Å². The van der Waals surface area contributed by atoms with Crippen LogP contribution in [0.25, 0.3) is 11.3 Å². The second-order valence-electron chi connectivity index (χ2n) is 10.1. The van der Waals surface area contributed by atoms with Gasteiger partial charge in [0.2, 0.25) is 5.95 Å². The molecule has 0 unspecified atom stereocenters. The van der Waals surface area contributed by atoms with Gasteiger partial charge < -0.3 is 15.0 Å². The van der Waals surface area contributed by atoms with Crippen LogP contribution in [0, 0.1) is 17.5 Å². The average molecular weight is 577 g/mol. The molecule has 3 heterocycles. The van der Waals surface area contributed by atoms with Crippen molar-refractivity contribution in [3.05, 3.63) is 59.5 Å². The SMILES string of the molecule is CNS(=O)(=O)N1CCC(c2ccc(Nc3ncc(F)c(-c4cc(F)c5c(c4)N(C(C)C)CCO5)n3)cc2F)CC1. The molecular weight excluding hydrogens is 545 g/mol. The van der Waals surface area contributed by atoms with Crippen LogP contribution >= 0.6 is 0 Å². The molecule has 1 fully saturated rings. The van der Waals surface area contributed by atoms with E-state index < -0.39 is 27.7 Å². The van der Waals surface area contributed by atoms with Gasteiger partial charge in [0.1, 0.15) is 18.1 Å². The van der Waals surface area contributed by atoms with Gasteiger partial charge in [0.25, 0.3) is 10.2 Å². The Morgan fingerprint density at radius 2 is 1.77 bits per heavy atom. The molecule has 2 aliphatic rings. The van der Waals surface area contributed by atoms with Crippen molar-refractivity contribution in [3.8, 4) is 17.0 Å². The number of nitrogens with one attached hydrogen (secondary N) is 2. The van der Waals surface area contributed by atoms with E-state index in [4.69, 9.17) is 4.74 Å². The van der Waals surface area contributed by atoms with E-state index in [9.17, 15) is 17.2 Å². The zero-order valence-corrected chi connectivity index (χ0v) is 23.2. The summed E-state index contributed by atoms with van der Waals surface area (Å²) < 4.78 is 78.1. The Morgan fingerprint density at radius 1 is 1.02 bits per heavy atom. The third kappa shape index (κ3) is 5.58. The minimum atomic E-state index is -3.51. The Hall–Kier alpha value is -3.42. The summed E-state index contributed by atoms with van der Waals surface area (Å²) >= 11 is 0. The highest BCUT2D eigenvalue weighted by molar-refractivity contribution is 7.87. The molecule has 9 nitrogen and oxygen atoms in total. The van der Waals surface area contributed by atoms with Crippen molar-refractivity contribution in [1.82, 2.24) is 19.0 Å². The zero-order valence-electron chi connectivity index (χ0n) is 22.4. The molecule has 2 N–H and O–H groups in total. The summed E-state index contributed by atoms with van der Waals surface area (Å²) in [5, 5.41) is 2.90. The maximum absolute atomic E-state index is 15.1. The number of hydrogen-bond acceptors (Lipinski definition) is 7. The third-order valence-electron chi connectivity index (χ3n) is 7.30. The monoisotopic (exact) mass is 576 g/mol. The van der Waals surface area contributed by atoms with Crippen LogP contribution in [0.3, 0.4) is 0 Å². The fourth-order valence-corrected chi connectivity index (χ4v) is 6.16. The van der Waals surface area contributed by atoms with Crippen LogP contribution in [-0.2, 0) is 10.2 Å². The molecule has 0 aliphatic carbocycles. The van der Waals surface area contributed by atoms with Gasteiger partial charge in [-0.25, -0.2) is 27.9 Å². The molecule has 0 bridgehead atoms. The predicted octanol–water partition coefficient (Wildman–Crippen LogP) is 4.56. The Balaban J connectivity index is 1.36. The highest BCUT2D eigenvalue weighted by Gasteiger charge is 2.29. The third-order valence-corrected chi connectivity index (χ3v) is 8.86. The average Bonchev–Trinajstić information content (AvgIpc) is 2.94. The second-order valence-corrected chi connectivity index (χ2v) is 12.0. The maximum Gasteiger partial charge on any atom is 0.279 e. The number of nitrogens with zero attached hydrogens (tertiary/aromatic N) is 4. The van der Waals surface area contributed by atoms with Crippen LogP contribution in [0.1, 0.15) is 38.2 Å². The Kier molecular flexibility index (Phi) is 7.89. The first-order valence-electron chi connectivity index (χ1n) is 13.1. The number of benzene rings is 2. The molecule has 0 spiro atoms. The number of ether oxygens (including phenoxy) is 1. The van der Waals surface area contributed by atoms with Gasteiger partial charge in [-0.1, -0.05) is 6.07 Å². The lowest BCUT2D eigenvalue weighted by atomic mass is 9.90. The van der Waals surface area contributed by atoms with E-state index in [1.54, 1.807) is 18.2 Å². The highest BCUT2D eigenvalue weighted by Crippen LogP contribution is 2.39. The van der Waals surface area contributed by atoms with Crippen molar-refractivity contribution in [1.29, 1.82) is 0 Å². The van der Waals surface area contributed by atoms with Crippen LogP contribution in [0.2, 0.25) is 0 Å². The van der Waals surface area contributed by atoms with Crippen molar-refractivity contribution in [3.63, 3.8) is 0 Å². The van der Waals surface area contributed by atoms with Gasteiger partial charge in [-0.3, -0.25) is 0 Å². The lowest BCUT2D eigenvalue weighted by Crippen LogP contribution is -2.43. The first-order chi connectivity index (χ1) is 19.1. The van der Waals surface area contributed by atoms with Gasteiger partial charge in [0.05, 0.1) is 18.4 Å². The van der Waals surface area contributed by atoms with E-state index in [0.29, 0.717) is 56.0 Å². The number of fused-ring (bicyclic) bond motifs is 1. The van der Waals surface area contributed by atoms with E-state index in [2.05, 4.69) is 20.0 Å². The molecule has 0 saturated carbocycles. The van der Waals surface area contributed by atoms with Crippen molar-refractivity contribution >= 4 is 27.5 Å². The number of anilines is 3.